The van der Waals surface area contributed by atoms with Crippen molar-refractivity contribution in [1.29, 1.82) is 0 Å². The predicted octanol–water partition coefficient (Wildman–Crippen LogP) is 0.185. The fraction of sp³-hybridized carbons (Fsp3) is 0.600. The SMILES string of the molecule is Cc1nccc(NCC2COCCN2)n1. The quantitative estimate of drug-likeness (QED) is 0.742. The van der Waals surface area contributed by atoms with Crippen molar-refractivity contribution in [3.05, 3.63) is 18.1 Å². The molecule has 5 nitrogen and oxygen atoms in total. The molecule has 1 aliphatic heterocycles. The fourth-order valence-corrected chi connectivity index (χ4v) is 1.53. The molecule has 0 saturated carbocycles. The third-order valence-electron chi connectivity index (χ3n) is 2.30. The molecule has 0 amide bonds. The maximum atomic E-state index is 5.36. The average molecular weight is 208 g/mol. The van der Waals surface area contributed by atoms with Crippen molar-refractivity contribution < 1.29 is 4.74 Å². The Hall–Kier alpha value is -1.20. The monoisotopic (exact) mass is 208 g/mol. The molecular formula is C10H16N4O. The molecule has 1 aromatic rings. The van der Waals surface area contributed by atoms with Gasteiger partial charge in [0, 0.05) is 25.3 Å². The first-order valence-electron chi connectivity index (χ1n) is 5.19. The van der Waals surface area contributed by atoms with Gasteiger partial charge in [0.25, 0.3) is 0 Å². The molecule has 1 unspecified atom stereocenters. The second-order valence-electron chi connectivity index (χ2n) is 3.60. The lowest BCUT2D eigenvalue weighted by Crippen LogP contribution is -2.45. The molecule has 0 bridgehead atoms. The van der Waals surface area contributed by atoms with Gasteiger partial charge >= 0.3 is 0 Å². The summed E-state index contributed by atoms with van der Waals surface area (Å²) in [5.74, 6) is 1.66. The smallest absolute Gasteiger partial charge is 0.129 e. The number of anilines is 1. The Morgan fingerprint density at radius 1 is 1.67 bits per heavy atom. The molecular weight excluding hydrogens is 192 g/mol. The number of hydrogen-bond donors (Lipinski definition) is 2. The second kappa shape index (κ2) is 5.04. The van der Waals surface area contributed by atoms with Crippen molar-refractivity contribution >= 4 is 5.82 Å². The van der Waals surface area contributed by atoms with Crippen LogP contribution < -0.4 is 10.6 Å². The van der Waals surface area contributed by atoms with Crippen molar-refractivity contribution in [3.63, 3.8) is 0 Å². The van der Waals surface area contributed by atoms with Gasteiger partial charge in [0.2, 0.25) is 0 Å². The van der Waals surface area contributed by atoms with Crippen LogP contribution in [0.5, 0.6) is 0 Å². The highest BCUT2D eigenvalue weighted by Crippen LogP contribution is 2.02. The van der Waals surface area contributed by atoms with Crippen molar-refractivity contribution in [1.82, 2.24) is 15.3 Å². The topological polar surface area (TPSA) is 59.1 Å². The molecule has 5 heteroatoms. The van der Waals surface area contributed by atoms with E-state index in [1.807, 2.05) is 13.0 Å². The summed E-state index contributed by atoms with van der Waals surface area (Å²) in [5.41, 5.74) is 0. The van der Waals surface area contributed by atoms with E-state index in [4.69, 9.17) is 4.74 Å². The molecule has 15 heavy (non-hydrogen) atoms. The van der Waals surface area contributed by atoms with Crippen LogP contribution in [0.4, 0.5) is 5.82 Å². The molecule has 1 fully saturated rings. The summed E-state index contributed by atoms with van der Waals surface area (Å²) in [5, 5.41) is 6.63. The standard InChI is InChI=1S/C10H16N4O/c1-8-11-3-2-10(14-8)13-6-9-7-15-5-4-12-9/h2-3,9,12H,4-7H2,1H3,(H,11,13,14). The van der Waals surface area contributed by atoms with Crippen LogP contribution in [-0.2, 0) is 4.74 Å². The van der Waals surface area contributed by atoms with Gasteiger partial charge in [-0.15, -0.1) is 0 Å². The lowest BCUT2D eigenvalue weighted by atomic mass is 10.3. The van der Waals surface area contributed by atoms with E-state index in [1.54, 1.807) is 6.20 Å². The first kappa shape index (κ1) is 10.3. The van der Waals surface area contributed by atoms with Gasteiger partial charge in [-0.1, -0.05) is 0 Å². The van der Waals surface area contributed by atoms with Crippen LogP contribution in [0.3, 0.4) is 0 Å². The summed E-state index contributed by atoms with van der Waals surface area (Å²) in [4.78, 5) is 8.31. The Kier molecular flexibility index (Phi) is 3.47. The van der Waals surface area contributed by atoms with Crippen LogP contribution in [-0.4, -0.2) is 42.3 Å². The molecule has 0 aromatic carbocycles. The Bertz CT molecular complexity index is 312. The number of aromatic nitrogens is 2. The largest absolute Gasteiger partial charge is 0.378 e. The van der Waals surface area contributed by atoms with E-state index in [1.165, 1.54) is 0 Å². The number of nitrogens with zero attached hydrogens (tertiary/aromatic N) is 2. The lowest BCUT2D eigenvalue weighted by molar-refractivity contribution is 0.0806. The van der Waals surface area contributed by atoms with Crippen LogP contribution in [0.25, 0.3) is 0 Å². The van der Waals surface area contributed by atoms with E-state index in [0.29, 0.717) is 6.04 Å². The Morgan fingerprint density at radius 2 is 2.60 bits per heavy atom. The van der Waals surface area contributed by atoms with Crippen LogP contribution >= 0.6 is 0 Å². The molecule has 1 aliphatic rings. The minimum Gasteiger partial charge on any atom is -0.378 e. The van der Waals surface area contributed by atoms with E-state index >= 15 is 0 Å². The van der Waals surface area contributed by atoms with Gasteiger partial charge in [-0.05, 0) is 13.0 Å². The van der Waals surface area contributed by atoms with Crippen molar-refractivity contribution in [2.75, 3.05) is 31.6 Å². The molecule has 0 aliphatic carbocycles. The predicted molar refractivity (Wildman–Crippen MR) is 57.9 cm³/mol. The zero-order chi connectivity index (χ0) is 10.5. The Morgan fingerprint density at radius 3 is 3.33 bits per heavy atom. The van der Waals surface area contributed by atoms with E-state index in [-0.39, 0.29) is 0 Å². The normalized spacial score (nSPS) is 21.3. The first-order valence-corrected chi connectivity index (χ1v) is 5.19. The molecule has 0 radical (unpaired) electrons. The van der Waals surface area contributed by atoms with Crippen molar-refractivity contribution in [2.45, 2.75) is 13.0 Å². The second-order valence-corrected chi connectivity index (χ2v) is 3.60. The molecule has 2 heterocycles. The molecule has 82 valence electrons. The van der Waals surface area contributed by atoms with Crippen molar-refractivity contribution in [3.8, 4) is 0 Å². The maximum Gasteiger partial charge on any atom is 0.129 e. The summed E-state index contributed by atoms with van der Waals surface area (Å²) >= 11 is 0. The summed E-state index contributed by atoms with van der Waals surface area (Å²) in [6.07, 6.45) is 1.76. The molecule has 1 saturated heterocycles. The number of rotatable bonds is 3. The van der Waals surface area contributed by atoms with E-state index in [2.05, 4.69) is 20.6 Å². The molecule has 0 spiro atoms. The summed E-state index contributed by atoms with van der Waals surface area (Å²) in [6.45, 7) is 5.21. The number of hydrogen-bond acceptors (Lipinski definition) is 5. The zero-order valence-corrected chi connectivity index (χ0v) is 8.86. The fourth-order valence-electron chi connectivity index (χ4n) is 1.53. The number of aryl methyl sites for hydroxylation is 1. The number of morpholine rings is 1. The zero-order valence-electron chi connectivity index (χ0n) is 8.86. The molecule has 2 N–H and O–H groups in total. The first-order chi connectivity index (χ1) is 7.34. The van der Waals surface area contributed by atoms with Gasteiger partial charge in [0.05, 0.1) is 13.2 Å². The van der Waals surface area contributed by atoms with Gasteiger partial charge in [0.1, 0.15) is 11.6 Å². The van der Waals surface area contributed by atoms with E-state index in [0.717, 1.165) is 37.9 Å². The molecule has 1 aromatic heterocycles. The maximum absolute atomic E-state index is 5.36. The summed E-state index contributed by atoms with van der Waals surface area (Å²) in [7, 11) is 0. The third-order valence-corrected chi connectivity index (χ3v) is 2.30. The molecule has 2 rings (SSSR count). The lowest BCUT2D eigenvalue weighted by Gasteiger charge is -2.24. The Balaban J connectivity index is 1.81. The van der Waals surface area contributed by atoms with Crippen LogP contribution in [0.15, 0.2) is 12.3 Å². The van der Waals surface area contributed by atoms with Gasteiger partial charge in [-0.25, -0.2) is 9.97 Å². The Labute approximate surface area is 89.3 Å². The highest BCUT2D eigenvalue weighted by molar-refractivity contribution is 5.32. The average Bonchev–Trinajstić information content (AvgIpc) is 2.28. The van der Waals surface area contributed by atoms with Crippen LogP contribution in [0, 0.1) is 6.92 Å². The van der Waals surface area contributed by atoms with Crippen LogP contribution in [0.2, 0.25) is 0 Å². The van der Waals surface area contributed by atoms with Crippen molar-refractivity contribution in [2.24, 2.45) is 0 Å². The minimum atomic E-state index is 0.369. The number of ether oxygens (including phenoxy) is 1. The van der Waals surface area contributed by atoms with Gasteiger partial charge < -0.3 is 15.4 Å². The summed E-state index contributed by atoms with van der Waals surface area (Å²) in [6, 6.07) is 2.24. The minimum absolute atomic E-state index is 0.369. The highest BCUT2D eigenvalue weighted by Gasteiger charge is 2.12. The van der Waals surface area contributed by atoms with Gasteiger partial charge in [-0.2, -0.15) is 0 Å². The van der Waals surface area contributed by atoms with E-state index < -0.39 is 0 Å². The van der Waals surface area contributed by atoms with Gasteiger partial charge in [-0.3, -0.25) is 0 Å². The third kappa shape index (κ3) is 3.14. The number of nitrogens with one attached hydrogen (secondary N) is 2. The van der Waals surface area contributed by atoms with Gasteiger partial charge in [0.15, 0.2) is 0 Å². The summed E-state index contributed by atoms with van der Waals surface area (Å²) < 4.78 is 5.36. The highest BCUT2D eigenvalue weighted by atomic mass is 16.5. The van der Waals surface area contributed by atoms with E-state index in [9.17, 15) is 0 Å². The molecule has 1 atom stereocenters. The van der Waals surface area contributed by atoms with Crippen LogP contribution in [0.1, 0.15) is 5.82 Å².